The average molecular weight is 590 g/mol. The number of Topliss-reactive ketones (excluding diaryl/α,β-unsaturated/α-hetero) is 1. The predicted octanol–water partition coefficient (Wildman–Crippen LogP) is 1.25. The summed E-state index contributed by atoms with van der Waals surface area (Å²) in [6, 6.07) is -0.916. The maximum absolute atomic E-state index is 13.5. The number of aliphatic hydroxyl groups excluding tert-OH is 2. The fourth-order valence-electron chi connectivity index (χ4n) is 9.29. The van der Waals surface area contributed by atoms with Crippen molar-refractivity contribution in [1.29, 1.82) is 0 Å². The van der Waals surface area contributed by atoms with Gasteiger partial charge in [-0.05, 0) is 67.8 Å². The summed E-state index contributed by atoms with van der Waals surface area (Å²) in [7, 11) is 1.19. The van der Waals surface area contributed by atoms with E-state index in [9.17, 15) is 39.3 Å². The van der Waals surface area contributed by atoms with Crippen LogP contribution in [0, 0.1) is 28.6 Å². The molecule has 1 saturated heterocycles. The molecule has 0 aromatic heterocycles. The summed E-state index contributed by atoms with van der Waals surface area (Å²) >= 11 is 0. The zero-order valence-electron chi connectivity index (χ0n) is 24.7. The van der Waals surface area contributed by atoms with Crippen molar-refractivity contribution in [2.75, 3.05) is 20.3 Å². The van der Waals surface area contributed by atoms with Gasteiger partial charge in [-0.3, -0.25) is 19.2 Å². The van der Waals surface area contributed by atoms with Gasteiger partial charge in [0.25, 0.3) is 0 Å². The van der Waals surface area contributed by atoms with Crippen molar-refractivity contribution in [3.63, 3.8) is 0 Å². The summed E-state index contributed by atoms with van der Waals surface area (Å²) in [6.07, 6.45) is 3.39. The Morgan fingerprint density at radius 1 is 1.07 bits per heavy atom. The molecule has 5 rings (SSSR count). The molecule has 0 aromatic rings. The highest BCUT2D eigenvalue weighted by atomic mass is 16.5. The Hall–Kier alpha value is -2.63. The van der Waals surface area contributed by atoms with E-state index in [0.717, 1.165) is 18.4 Å². The van der Waals surface area contributed by atoms with Crippen LogP contribution in [0.25, 0.3) is 0 Å². The summed E-state index contributed by atoms with van der Waals surface area (Å²) in [5.74, 6) is -2.37. The maximum Gasteiger partial charge on any atom is 0.328 e. The third-order valence-electron chi connectivity index (χ3n) is 11.5. The van der Waals surface area contributed by atoms with Crippen LogP contribution < -0.4 is 0 Å². The van der Waals surface area contributed by atoms with E-state index >= 15 is 0 Å². The lowest BCUT2D eigenvalue weighted by Gasteiger charge is -2.60. The third-order valence-corrected chi connectivity index (χ3v) is 11.5. The van der Waals surface area contributed by atoms with Gasteiger partial charge in [-0.15, -0.1) is 0 Å². The van der Waals surface area contributed by atoms with Crippen LogP contribution >= 0.6 is 0 Å². The second-order valence-electron chi connectivity index (χ2n) is 13.5. The van der Waals surface area contributed by atoms with E-state index in [1.165, 1.54) is 12.0 Å². The lowest BCUT2D eigenvalue weighted by molar-refractivity contribution is -0.184. The number of aliphatic hydroxyl groups is 3. The van der Waals surface area contributed by atoms with E-state index < -0.39 is 59.5 Å². The molecule has 0 aromatic carbocycles. The molecular formula is C31H43NO10. The summed E-state index contributed by atoms with van der Waals surface area (Å²) in [4.78, 5) is 63.8. The molecule has 4 fully saturated rings. The van der Waals surface area contributed by atoms with E-state index in [1.54, 1.807) is 6.08 Å². The Kier molecular flexibility index (Phi) is 8.17. The number of nitrogens with zero attached hydrogens (tertiary/aromatic N) is 1. The van der Waals surface area contributed by atoms with Crippen molar-refractivity contribution in [1.82, 2.24) is 4.90 Å². The van der Waals surface area contributed by atoms with Gasteiger partial charge >= 0.3 is 11.9 Å². The molecule has 1 aliphatic heterocycles. The zero-order chi connectivity index (χ0) is 30.6. The molecule has 42 heavy (non-hydrogen) atoms. The predicted molar refractivity (Wildman–Crippen MR) is 146 cm³/mol. The number of allylic oxidation sites excluding steroid dienone is 1. The van der Waals surface area contributed by atoms with Crippen molar-refractivity contribution in [2.24, 2.45) is 28.6 Å². The van der Waals surface area contributed by atoms with Crippen molar-refractivity contribution in [2.45, 2.75) is 102 Å². The number of hydrogen-bond acceptors (Lipinski definition) is 10. The number of esters is 2. The smallest absolute Gasteiger partial charge is 0.328 e. The van der Waals surface area contributed by atoms with Gasteiger partial charge in [0.15, 0.2) is 12.4 Å². The number of ether oxygens (including phenoxy) is 2. The Bertz CT molecular complexity index is 1200. The number of β-amino-alcohol motifs (C(OH)–C–C–N with tert-alkyl or cyclic N) is 1. The number of carbonyl (C=O) groups is 5. The molecule has 3 N–H and O–H groups in total. The fourth-order valence-corrected chi connectivity index (χ4v) is 9.29. The van der Waals surface area contributed by atoms with E-state index in [4.69, 9.17) is 9.47 Å². The molecule has 4 aliphatic carbocycles. The molecule has 5 aliphatic rings. The number of ketones is 2. The molecule has 232 valence electrons. The van der Waals surface area contributed by atoms with Crippen LogP contribution in [0.5, 0.6) is 0 Å². The van der Waals surface area contributed by atoms with Crippen LogP contribution in [0.1, 0.15) is 78.1 Å². The first-order chi connectivity index (χ1) is 19.7. The van der Waals surface area contributed by atoms with E-state index in [1.807, 2.05) is 6.92 Å². The molecule has 11 nitrogen and oxygen atoms in total. The number of carbonyl (C=O) groups excluding carboxylic acids is 5. The first kappa shape index (κ1) is 30.8. The molecule has 0 unspecified atom stereocenters. The van der Waals surface area contributed by atoms with Crippen LogP contribution in [0.4, 0.5) is 0 Å². The molecule has 11 heteroatoms. The van der Waals surface area contributed by atoms with Gasteiger partial charge in [0, 0.05) is 31.2 Å². The lowest BCUT2D eigenvalue weighted by atomic mass is 9.45. The van der Waals surface area contributed by atoms with Gasteiger partial charge in [-0.1, -0.05) is 19.4 Å². The maximum atomic E-state index is 13.5. The fraction of sp³-hybridized carbons (Fsp3) is 0.774. The summed E-state index contributed by atoms with van der Waals surface area (Å²) in [5.41, 5.74) is -1.83. The van der Waals surface area contributed by atoms with Crippen molar-refractivity contribution in [3.8, 4) is 0 Å². The van der Waals surface area contributed by atoms with Gasteiger partial charge < -0.3 is 29.7 Å². The molecule has 3 saturated carbocycles. The number of methoxy groups -OCH3 is 1. The summed E-state index contributed by atoms with van der Waals surface area (Å²) in [6.45, 7) is 3.33. The van der Waals surface area contributed by atoms with E-state index in [2.05, 4.69) is 6.92 Å². The number of fused-ring (bicyclic) bond motifs is 5. The number of rotatable bonds is 7. The number of likely N-dealkylation sites (tertiary alicyclic amines) is 1. The van der Waals surface area contributed by atoms with Crippen LogP contribution in [0.2, 0.25) is 0 Å². The Morgan fingerprint density at radius 3 is 2.52 bits per heavy atom. The highest BCUT2D eigenvalue weighted by molar-refractivity contribution is 5.92. The normalized spacial score (nSPS) is 40.9. The second kappa shape index (κ2) is 11.1. The zero-order valence-corrected chi connectivity index (χ0v) is 24.7. The quantitative estimate of drug-likeness (QED) is 0.368. The van der Waals surface area contributed by atoms with Crippen LogP contribution in [-0.2, 0) is 33.4 Å². The lowest BCUT2D eigenvalue weighted by Crippen LogP contribution is -2.62. The minimum atomic E-state index is -1.77. The summed E-state index contributed by atoms with van der Waals surface area (Å²) in [5, 5.41) is 33.2. The topological polar surface area (TPSA) is 168 Å². The number of hydrogen-bond donors (Lipinski definition) is 3. The Labute approximate surface area is 245 Å². The van der Waals surface area contributed by atoms with E-state index in [0.29, 0.717) is 19.3 Å². The van der Waals surface area contributed by atoms with Gasteiger partial charge in [-0.2, -0.15) is 0 Å². The average Bonchev–Trinajstić information content (AvgIpc) is 3.47. The van der Waals surface area contributed by atoms with Crippen LogP contribution in [-0.4, -0.2) is 93.7 Å². The standard InChI is InChI=1S/C31H43NO10/c1-29-10-8-18(33)12-17(29)4-5-20-21-9-11-31(40,30(21,2)14-23(35)27(20)29)24(36)16-42-26(38)7-6-25(37)32-15-19(34)13-22(32)28(39)41-3/h12,19-23,27,34-35,40H,4-11,13-16H2,1-3H3/t19-,20+,21+,22-,23+,27-,29+,30+,31+/m1/s1. The first-order valence-electron chi connectivity index (χ1n) is 15.1. The van der Waals surface area contributed by atoms with Gasteiger partial charge in [0.05, 0.1) is 25.7 Å². The van der Waals surface area contributed by atoms with Crippen molar-refractivity contribution in [3.05, 3.63) is 11.6 Å². The number of amides is 1. The van der Waals surface area contributed by atoms with E-state index in [-0.39, 0.29) is 67.6 Å². The molecule has 1 heterocycles. The Morgan fingerprint density at radius 2 is 1.81 bits per heavy atom. The monoisotopic (exact) mass is 589 g/mol. The van der Waals surface area contributed by atoms with Crippen LogP contribution in [0.15, 0.2) is 11.6 Å². The molecule has 0 spiro atoms. The largest absolute Gasteiger partial charge is 0.467 e. The second-order valence-corrected chi connectivity index (χ2v) is 13.5. The minimum Gasteiger partial charge on any atom is -0.467 e. The first-order valence-corrected chi connectivity index (χ1v) is 15.1. The van der Waals surface area contributed by atoms with Gasteiger partial charge in [0.2, 0.25) is 11.7 Å². The molecule has 0 radical (unpaired) electrons. The van der Waals surface area contributed by atoms with Gasteiger partial charge in [-0.25, -0.2) is 4.79 Å². The Balaban J connectivity index is 1.20. The molecular weight excluding hydrogens is 546 g/mol. The highest BCUT2D eigenvalue weighted by Gasteiger charge is 2.68. The van der Waals surface area contributed by atoms with Crippen molar-refractivity contribution >= 4 is 29.4 Å². The van der Waals surface area contributed by atoms with Gasteiger partial charge in [0.1, 0.15) is 11.6 Å². The summed E-state index contributed by atoms with van der Waals surface area (Å²) < 4.78 is 9.90. The highest BCUT2D eigenvalue weighted by Crippen LogP contribution is 2.67. The third kappa shape index (κ3) is 4.91. The SMILES string of the molecule is COC(=O)[C@H]1C[C@@H](O)CN1C(=O)CCC(=O)OCC(=O)[C@@]1(O)CC[C@H]2[C@@H]3CCC4=CC(=O)CC[C@]4(C)[C@H]3[C@@H](O)C[C@@]21C. The minimum absolute atomic E-state index is 0.00254. The van der Waals surface area contributed by atoms with Crippen LogP contribution in [0.3, 0.4) is 0 Å². The molecule has 9 atom stereocenters. The molecule has 1 amide bonds. The molecule has 0 bridgehead atoms. The van der Waals surface area contributed by atoms with Crippen molar-refractivity contribution < 1.29 is 48.8 Å².